The van der Waals surface area contributed by atoms with E-state index in [-0.39, 0.29) is 18.6 Å². The average molecular weight is 269 g/mol. The summed E-state index contributed by atoms with van der Waals surface area (Å²) >= 11 is 5.76. The van der Waals surface area contributed by atoms with Gasteiger partial charge in [-0.05, 0) is 43.7 Å². The molecule has 0 spiro atoms. The van der Waals surface area contributed by atoms with E-state index in [0.29, 0.717) is 10.8 Å². The Morgan fingerprint density at radius 2 is 2.22 bits per heavy atom. The van der Waals surface area contributed by atoms with Crippen LogP contribution in [0.1, 0.15) is 12.8 Å². The number of halogens is 1. The summed E-state index contributed by atoms with van der Waals surface area (Å²) in [5.74, 6) is 0.565. The molecule has 0 radical (unpaired) electrons. The minimum Gasteiger partial charge on any atom is -0.484 e. The molecule has 0 unspecified atom stereocenters. The van der Waals surface area contributed by atoms with E-state index < -0.39 is 0 Å². The van der Waals surface area contributed by atoms with Crippen LogP contribution in [0.3, 0.4) is 0 Å². The van der Waals surface area contributed by atoms with E-state index in [1.807, 2.05) is 0 Å². The lowest BCUT2D eigenvalue weighted by atomic mass is 10.1. The van der Waals surface area contributed by atoms with Crippen LogP contribution in [0.25, 0.3) is 0 Å². The van der Waals surface area contributed by atoms with Gasteiger partial charge in [0.15, 0.2) is 6.61 Å². The molecule has 0 bridgehead atoms. The fourth-order valence-corrected chi connectivity index (χ4v) is 2.05. The van der Waals surface area contributed by atoms with E-state index >= 15 is 0 Å². The van der Waals surface area contributed by atoms with Gasteiger partial charge in [0.1, 0.15) is 5.75 Å². The molecule has 1 aliphatic rings. The molecular formula is C13H17ClN2O2. The molecule has 1 saturated heterocycles. The second kappa shape index (κ2) is 6.61. The molecule has 1 fully saturated rings. The largest absolute Gasteiger partial charge is 0.484 e. The Morgan fingerprint density at radius 3 is 2.89 bits per heavy atom. The molecule has 18 heavy (non-hydrogen) atoms. The van der Waals surface area contributed by atoms with Crippen LogP contribution in [0.4, 0.5) is 0 Å². The van der Waals surface area contributed by atoms with Crippen molar-refractivity contribution in [3.8, 4) is 5.75 Å². The first-order chi connectivity index (χ1) is 8.74. The predicted molar refractivity (Wildman–Crippen MR) is 71.0 cm³/mol. The van der Waals surface area contributed by atoms with Crippen molar-refractivity contribution < 1.29 is 9.53 Å². The lowest BCUT2D eigenvalue weighted by Gasteiger charge is -2.23. The third kappa shape index (κ3) is 4.20. The third-order valence-electron chi connectivity index (χ3n) is 2.85. The molecule has 0 saturated carbocycles. The van der Waals surface area contributed by atoms with Gasteiger partial charge in [-0.3, -0.25) is 4.79 Å². The summed E-state index contributed by atoms with van der Waals surface area (Å²) in [4.78, 5) is 11.7. The van der Waals surface area contributed by atoms with Crippen LogP contribution in [-0.4, -0.2) is 31.6 Å². The minimum absolute atomic E-state index is 0.0398. The molecule has 0 aliphatic carbocycles. The van der Waals surface area contributed by atoms with Crippen molar-refractivity contribution in [1.82, 2.24) is 10.6 Å². The normalized spacial score (nSPS) is 19.3. The van der Waals surface area contributed by atoms with Crippen molar-refractivity contribution in [3.05, 3.63) is 29.3 Å². The molecule has 0 aromatic heterocycles. The number of hydrogen-bond acceptors (Lipinski definition) is 3. The van der Waals surface area contributed by atoms with E-state index in [4.69, 9.17) is 16.3 Å². The van der Waals surface area contributed by atoms with Crippen molar-refractivity contribution in [2.24, 2.45) is 0 Å². The Labute approximate surface area is 112 Å². The highest BCUT2D eigenvalue weighted by Gasteiger charge is 2.15. The number of carbonyl (C=O) groups is 1. The van der Waals surface area contributed by atoms with Crippen molar-refractivity contribution >= 4 is 17.5 Å². The molecule has 1 heterocycles. The van der Waals surface area contributed by atoms with Crippen molar-refractivity contribution in [1.29, 1.82) is 0 Å². The Hall–Kier alpha value is -1.26. The van der Waals surface area contributed by atoms with E-state index in [9.17, 15) is 4.79 Å². The van der Waals surface area contributed by atoms with Gasteiger partial charge in [-0.25, -0.2) is 0 Å². The van der Waals surface area contributed by atoms with Crippen LogP contribution in [0, 0.1) is 0 Å². The van der Waals surface area contributed by atoms with Gasteiger partial charge in [-0.2, -0.15) is 0 Å². The summed E-state index contributed by atoms with van der Waals surface area (Å²) in [5, 5.41) is 6.85. The van der Waals surface area contributed by atoms with Crippen molar-refractivity contribution in [3.63, 3.8) is 0 Å². The zero-order valence-corrected chi connectivity index (χ0v) is 10.9. The van der Waals surface area contributed by atoms with Crippen LogP contribution >= 0.6 is 11.6 Å². The molecule has 4 nitrogen and oxygen atoms in total. The maximum absolute atomic E-state index is 11.7. The summed E-state index contributed by atoms with van der Waals surface area (Å²) in [6.45, 7) is 1.92. The maximum Gasteiger partial charge on any atom is 0.258 e. The monoisotopic (exact) mass is 268 g/mol. The first-order valence-electron chi connectivity index (χ1n) is 6.12. The quantitative estimate of drug-likeness (QED) is 0.872. The molecule has 2 N–H and O–H groups in total. The maximum atomic E-state index is 11.7. The Balaban J connectivity index is 1.72. The van der Waals surface area contributed by atoms with Gasteiger partial charge in [0.25, 0.3) is 5.91 Å². The average Bonchev–Trinajstić information content (AvgIpc) is 2.39. The number of nitrogens with one attached hydrogen (secondary N) is 2. The van der Waals surface area contributed by atoms with Gasteiger partial charge in [0.05, 0.1) is 0 Å². The summed E-state index contributed by atoms with van der Waals surface area (Å²) in [6.07, 6.45) is 2.13. The Bertz CT molecular complexity index is 388. The highest BCUT2D eigenvalue weighted by atomic mass is 35.5. The van der Waals surface area contributed by atoms with Crippen LogP contribution in [0.15, 0.2) is 24.3 Å². The lowest BCUT2D eigenvalue weighted by molar-refractivity contribution is -0.123. The second-order valence-electron chi connectivity index (χ2n) is 4.35. The predicted octanol–water partition coefficient (Wildman–Crippen LogP) is 1.59. The number of rotatable bonds is 4. The summed E-state index contributed by atoms with van der Waals surface area (Å²) < 4.78 is 5.37. The molecule has 1 aromatic carbocycles. The van der Waals surface area contributed by atoms with Gasteiger partial charge in [-0.1, -0.05) is 11.6 Å². The standard InChI is InChI=1S/C13H17ClN2O2/c14-10-3-5-12(6-4-10)18-9-13(17)16-11-2-1-7-15-8-11/h3-6,11,15H,1-2,7-9H2,(H,16,17)/t11-/m1/s1. The number of benzene rings is 1. The van der Waals surface area contributed by atoms with E-state index in [2.05, 4.69) is 10.6 Å². The number of carbonyl (C=O) groups excluding carboxylic acids is 1. The molecule has 2 rings (SSSR count). The Morgan fingerprint density at radius 1 is 1.44 bits per heavy atom. The topological polar surface area (TPSA) is 50.4 Å². The summed E-state index contributed by atoms with van der Waals surface area (Å²) in [5.41, 5.74) is 0. The molecular weight excluding hydrogens is 252 g/mol. The van der Waals surface area contributed by atoms with Gasteiger partial charge >= 0.3 is 0 Å². The number of piperidine rings is 1. The van der Waals surface area contributed by atoms with Crippen molar-refractivity contribution in [2.75, 3.05) is 19.7 Å². The third-order valence-corrected chi connectivity index (χ3v) is 3.10. The number of hydrogen-bond donors (Lipinski definition) is 2. The van der Waals surface area contributed by atoms with Crippen molar-refractivity contribution in [2.45, 2.75) is 18.9 Å². The first-order valence-corrected chi connectivity index (χ1v) is 6.50. The van der Waals surface area contributed by atoms with Gasteiger partial charge in [0, 0.05) is 17.6 Å². The molecule has 1 aliphatic heterocycles. The molecule has 98 valence electrons. The molecule has 5 heteroatoms. The molecule has 1 atom stereocenters. The van der Waals surface area contributed by atoms with Gasteiger partial charge < -0.3 is 15.4 Å². The van der Waals surface area contributed by atoms with Crippen LogP contribution in [0.5, 0.6) is 5.75 Å². The zero-order valence-electron chi connectivity index (χ0n) is 10.1. The Kier molecular flexibility index (Phi) is 4.84. The fourth-order valence-electron chi connectivity index (χ4n) is 1.92. The van der Waals surface area contributed by atoms with Gasteiger partial charge in [-0.15, -0.1) is 0 Å². The summed E-state index contributed by atoms with van der Waals surface area (Å²) in [7, 11) is 0. The smallest absolute Gasteiger partial charge is 0.258 e. The minimum atomic E-state index is -0.0846. The number of ether oxygens (including phenoxy) is 1. The number of amides is 1. The highest BCUT2D eigenvalue weighted by Crippen LogP contribution is 2.15. The SMILES string of the molecule is O=C(COc1ccc(Cl)cc1)N[C@@H]1CCCNC1. The molecule has 1 amide bonds. The summed E-state index contributed by atoms with van der Waals surface area (Å²) in [6, 6.07) is 7.19. The van der Waals surface area contributed by atoms with Gasteiger partial charge in [0.2, 0.25) is 0 Å². The van der Waals surface area contributed by atoms with E-state index in [1.54, 1.807) is 24.3 Å². The van der Waals surface area contributed by atoms with Crippen LogP contribution < -0.4 is 15.4 Å². The second-order valence-corrected chi connectivity index (χ2v) is 4.79. The zero-order chi connectivity index (χ0) is 12.8. The van der Waals surface area contributed by atoms with Crippen LogP contribution in [0.2, 0.25) is 5.02 Å². The molecule has 1 aromatic rings. The van der Waals surface area contributed by atoms with E-state index in [1.165, 1.54) is 0 Å². The lowest BCUT2D eigenvalue weighted by Crippen LogP contribution is -2.46. The van der Waals surface area contributed by atoms with Crippen LogP contribution in [-0.2, 0) is 4.79 Å². The fraction of sp³-hybridized carbons (Fsp3) is 0.462. The highest BCUT2D eigenvalue weighted by molar-refractivity contribution is 6.30. The van der Waals surface area contributed by atoms with E-state index in [0.717, 1.165) is 25.9 Å². The first kappa shape index (κ1) is 13.2.